The maximum absolute atomic E-state index is 13.8. The van der Waals surface area contributed by atoms with E-state index in [2.05, 4.69) is 31.1 Å². The number of carbonyl (C=O) groups excluding carboxylic acids is 3. The van der Waals surface area contributed by atoms with Crippen LogP contribution in [0.4, 0.5) is 0 Å². The largest absolute Gasteiger partial charge is 0.443 e. The second-order valence-electron chi connectivity index (χ2n) is 11.3. The number of thiazole rings is 1. The Balaban J connectivity index is 1.79. The van der Waals surface area contributed by atoms with Crippen LogP contribution in [0, 0.1) is 32.6 Å². The molecule has 3 aromatic rings. The van der Waals surface area contributed by atoms with E-state index in [-0.39, 0.29) is 57.8 Å². The molecule has 3 atom stereocenters. The van der Waals surface area contributed by atoms with Crippen molar-refractivity contribution in [3.8, 4) is 0 Å². The van der Waals surface area contributed by atoms with Gasteiger partial charge < -0.3 is 24.9 Å². The summed E-state index contributed by atoms with van der Waals surface area (Å²) in [4.78, 5) is 48.7. The van der Waals surface area contributed by atoms with Crippen LogP contribution in [0.5, 0.6) is 0 Å². The van der Waals surface area contributed by atoms with Crippen LogP contribution in [0.3, 0.4) is 0 Å². The predicted octanol–water partition coefficient (Wildman–Crippen LogP) is 2.81. The second-order valence-corrected chi connectivity index (χ2v) is 14.1. The number of sulfonamides is 1. The summed E-state index contributed by atoms with van der Waals surface area (Å²) in [6, 6.07) is -2.01. The molecule has 4 rings (SSSR count). The number of amides is 3. The molecule has 1 aliphatic heterocycles. The van der Waals surface area contributed by atoms with E-state index in [1.54, 1.807) is 19.2 Å². The van der Waals surface area contributed by atoms with Crippen LogP contribution in [0.25, 0.3) is 0 Å². The fourth-order valence-electron chi connectivity index (χ4n) is 4.78. The van der Waals surface area contributed by atoms with Crippen molar-refractivity contribution < 1.29 is 31.7 Å². The van der Waals surface area contributed by atoms with Crippen LogP contribution in [-0.4, -0.2) is 64.7 Å². The van der Waals surface area contributed by atoms with Crippen LogP contribution < -0.4 is 16.0 Å². The standard InChI is InChI=1S/C27H37N7O7S2/c1-12(2)20-26-32-22(16(7)40-26)25(37)28-14(5)9-34(43(38,39)23-15(6)33-41-17(23)8)10-19(35)30-21(13(3)4)27-29-18(11-42-27)24(36)31-20/h11-14,20-21H,9-10H2,1-8H3,(H,28,37)(H,30,35)(H,31,36)/t14-,20-,21+/m1/s1. The van der Waals surface area contributed by atoms with Gasteiger partial charge in [0, 0.05) is 18.0 Å². The summed E-state index contributed by atoms with van der Waals surface area (Å²) in [5.74, 6) is -1.48. The van der Waals surface area contributed by atoms with E-state index < -0.39 is 52.4 Å². The lowest BCUT2D eigenvalue weighted by molar-refractivity contribution is -0.122. The van der Waals surface area contributed by atoms with Crippen molar-refractivity contribution in [2.75, 3.05) is 13.1 Å². The minimum atomic E-state index is -4.28. The number of hydrogen-bond donors (Lipinski definition) is 3. The highest BCUT2D eigenvalue weighted by molar-refractivity contribution is 7.89. The third-order valence-electron chi connectivity index (χ3n) is 6.99. The quantitative estimate of drug-likeness (QED) is 0.384. The number of aromatic nitrogens is 3. The molecule has 234 valence electrons. The summed E-state index contributed by atoms with van der Waals surface area (Å²) >= 11 is 1.21. The van der Waals surface area contributed by atoms with Gasteiger partial charge in [0.05, 0.1) is 12.6 Å². The van der Waals surface area contributed by atoms with Crippen LogP contribution in [0.15, 0.2) is 19.2 Å². The summed E-state index contributed by atoms with van der Waals surface area (Å²) in [7, 11) is -4.28. The zero-order chi connectivity index (χ0) is 31.8. The van der Waals surface area contributed by atoms with E-state index in [1.807, 2.05) is 27.7 Å². The molecule has 16 heteroatoms. The molecule has 0 radical (unpaired) electrons. The molecule has 0 spiro atoms. The van der Waals surface area contributed by atoms with Gasteiger partial charge in [0.15, 0.2) is 11.5 Å². The van der Waals surface area contributed by atoms with E-state index in [9.17, 15) is 22.8 Å². The molecule has 43 heavy (non-hydrogen) atoms. The first-order chi connectivity index (χ1) is 20.1. The first-order valence-electron chi connectivity index (χ1n) is 13.9. The van der Waals surface area contributed by atoms with E-state index in [0.29, 0.717) is 5.01 Å². The highest BCUT2D eigenvalue weighted by atomic mass is 32.2. The number of nitrogens with one attached hydrogen (secondary N) is 3. The van der Waals surface area contributed by atoms with E-state index in [1.165, 1.54) is 25.2 Å². The monoisotopic (exact) mass is 635 g/mol. The third kappa shape index (κ3) is 6.80. The first-order valence-corrected chi connectivity index (χ1v) is 16.2. The van der Waals surface area contributed by atoms with Crippen molar-refractivity contribution in [1.29, 1.82) is 0 Å². The van der Waals surface area contributed by atoms with E-state index >= 15 is 0 Å². The minimum absolute atomic E-state index is 0.00328. The van der Waals surface area contributed by atoms with Crippen molar-refractivity contribution in [3.63, 3.8) is 0 Å². The maximum Gasteiger partial charge on any atom is 0.273 e. The molecule has 0 saturated carbocycles. The van der Waals surface area contributed by atoms with E-state index in [4.69, 9.17) is 8.94 Å². The molecule has 4 bridgehead atoms. The van der Waals surface area contributed by atoms with Crippen LogP contribution in [-0.2, 0) is 14.8 Å². The Kier molecular flexibility index (Phi) is 9.42. The molecular formula is C27H37N7O7S2. The summed E-state index contributed by atoms with van der Waals surface area (Å²) < 4.78 is 39.6. The second kappa shape index (κ2) is 12.5. The summed E-state index contributed by atoms with van der Waals surface area (Å²) in [6.45, 7) is 12.9. The normalized spacial score (nSPS) is 21.3. The van der Waals surface area contributed by atoms with Crippen LogP contribution >= 0.6 is 11.3 Å². The molecule has 3 amide bonds. The maximum atomic E-state index is 13.8. The molecule has 0 aliphatic carbocycles. The van der Waals surface area contributed by atoms with Gasteiger partial charge in [0.25, 0.3) is 11.8 Å². The lowest BCUT2D eigenvalue weighted by Crippen LogP contribution is -2.48. The number of hydrogen-bond acceptors (Lipinski definition) is 11. The molecule has 3 N–H and O–H groups in total. The molecule has 0 fully saturated rings. The van der Waals surface area contributed by atoms with Gasteiger partial charge in [-0.05, 0) is 39.5 Å². The van der Waals surface area contributed by atoms with Gasteiger partial charge in [0.1, 0.15) is 33.1 Å². The lowest BCUT2D eigenvalue weighted by atomic mass is 10.0. The molecule has 14 nitrogen and oxygen atoms in total. The number of nitrogens with zero attached hydrogens (tertiary/aromatic N) is 4. The Morgan fingerprint density at radius 2 is 1.63 bits per heavy atom. The average Bonchev–Trinajstić information content (AvgIpc) is 3.63. The fraction of sp³-hybridized carbons (Fsp3) is 0.556. The fourth-order valence-corrected chi connectivity index (χ4v) is 7.58. The molecule has 3 aromatic heterocycles. The molecule has 0 saturated heterocycles. The molecular weight excluding hydrogens is 598 g/mol. The zero-order valence-electron chi connectivity index (χ0n) is 25.3. The van der Waals surface area contributed by atoms with E-state index in [0.717, 1.165) is 4.31 Å². The van der Waals surface area contributed by atoms with Crippen molar-refractivity contribution in [2.24, 2.45) is 11.8 Å². The van der Waals surface area contributed by atoms with Gasteiger partial charge in [-0.2, -0.15) is 4.31 Å². The van der Waals surface area contributed by atoms with Crippen molar-refractivity contribution in [1.82, 2.24) is 35.4 Å². The third-order valence-corrected chi connectivity index (χ3v) is 9.98. The van der Waals surface area contributed by atoms with Crippen molar-refractivity contribution in [3.05, 3.63) is 44.9 Å². The predicted molar refractivity (Wildman–Crippen MR) is 156 cm³/mol. The van der Waals surface area contributed by atoms with Crippen LogP contribution in [0.1, 0.15) is 95.8 Å². The van der Waals surface area contributed by atoms with Crippen LogP contribution in [0.2, 0.25) is 0 Å². The number of oxazole rings is 1. The van der Waals surface area contributed by atoms with Crippen molar-refractivity contribution >= 4 is 39.1 Å². The Morgan fingerprint density at radius 1 is 0.953 bits per heavy atom. The van der Waals surface area contributed by atoms with Gasteiger partial charge in [-0.25, -0.2) is 18.4 Å². The Morgan fingerprint density at radius 3 is 2.23 bits per heavy atom. The van der Waals surface area contributed by atoms with Gasteiger partial charge in [-0.3, -0.25) is 14.4 Å². The summed E-state index contributed by atoms with van der Waals surface area (Å²) in [5, 5.41) is 14.4. The lowest BCUT2D eigenvalue weighted by Gasteiger charge is -2.27. The van der Waals surface area contributed by atoms with Gasteiger partial charge >= 0.3 is 0 Å². The number of fused-ring (bicyclic) bond motifs is 4. The zero-order valence-corrected chi connectivity index (χ0v) is 27.0. The number of carbonyl (C=O) groups is 3. The summed E-state index contributed by atoms with van der Waals surface area (Å²) in [6.07, 6.45) is 0. The van der Waals surface area contributed by atoms with Gasteiger partial charge in [-0.15, -0.1) is 11.3 Å². The first kappa shape index (κ1) is 32.3. The SMILES string of the molecule is Cc1noc(C)c1S(=O)(=O)N1CC(=O)N[C@@H](C(C)C)c2nc(cs2)C(=O)N[C@H](C(C)C)c2nc(c(C)o2)C(=O)N[C@H](C)C1. The van der Waals surface area contributed by atoms with Crippen molar-refractivity contribution in [2.45, 2.75) is 78.4 Å². The Labute approximate surface area is 254 Å². The number of rotatable bonds is 4. The molecule has 0 unspecified atom stereocenters. The Hall–Kier alpha value is -3.63. The highest BCUT2D eigenvalue weighted by Crippen LogP contribution is 2.28. The van der Waals surface area contributed by atoms with Gasteiger partial charge in [0.2, 0.25) is 21.8 Å². The summed E-state index contributed by atoms with van der Waals surface area (Å²) in [5.41, 5.74) is 0.286. The average molecular weight is 636 g/mol. The molecule has 1 aliphatic rings. The highest BCUT2D eigenvalue weighted by Gasteiger charge is 2.35. The minimum Gasteiger partial charge on any atom is -0.443 e. The Bertz CT molecular complexity index is 1600. The number of aryl methyl sites for hydroxylation is 3. The smallest absolute Gasteiger partial charge is 0.273 e. The van der Waals surface area contributed by atoms with Gasteiger partial charge in [-0.1, -0.05) is 32.9 Å². The molecule has 0 aromatic carbocycles. The molecule has 4 heterocycles. The topological polar surface area (TPSA) is 190 Å².